The van der Waals surface area contributed by atoms with Crippen molar-refractivity contribution in [2.75, 3.05) is 10.6 Å². The lowest BCUT2D eigenvalue weighted by molar-refractivity contribution is -0.116. The van der Waals surface area contributed by atoms with Crippen LogP contribution in [0.5, 0.6) is 0 Å². The van der Waals surface area contributed by atoms with Crippen molar-refractivity contribution >= 4 is 23.2 Å². The molecule has 0 spiro atoms. The summed E-state index contributed by atoms with van der Waals surface area (Å²) in [5.41, 5.74) is 2.41. The largest absolute Gasteiger partial charge is 0.326 e. The molecule has 0 saturated heterocycles. The van der Waals surface area contributed by atoms with E-state index in [9.17, 15) is 9.59 Å². The van der Waals surface area contributed by atoms with Crippen molar-refractivity contribution < 1.29 is 9.59 Å². The number of hydrogen-bond donors (Lipinski definition) is 2. The highest BCUT2D eigenvalue weighted by Crippen LogP contribution is 2.19. The zero-order valence-electron chi connectivity index (χ0n) is 10.5. The van der Waals surface area contributed by atoms with Crippen LogP contribution in [0.2, 0.25) is 0 Å². The molecule has 0 fully saturated rings. The molecule has 0 aromatic heterocycles. The molecule has 4 heteroatoms. The minimum atomic E-state index is -0.0385. The molecule has 0 heterocycles. The predicted octanol–water partition coefficient (Wildman–Crippen LogP) is 2.69. The van der Waals surface area contributed by atoms with Gasteiger partial charge in [0, 0.05) is 24.2 Å². The van der Waals surface area contributed by atoms with Crippen LogP contribution in [-0.2, 0) is 9.59 Å². The first-order valence-corrected chi connectivity index (χ1v) is 5.76. The number of hydrogen-bond acceptors (Lipinski definition) is 2. The second-order valence-electron chi connectivity index (χ2n) is 3.89. The molecule has 2 N–H and O–H groups in total. The van der Waals surface area contributed by atoms with Crippen molar-refractivity contribution in [2.45, 2.75) is 33.6 Å². The molecule has 0 unspecified atom stereocenters. The Morgan fingerprint density at radius 3 is 1.71 bits per heavy atom. The zero-order valence-corrected chi connectivity index (χ0v) is 10.5. The topological polar surface area (TPSA) is 58.2 Å². The molecule has 0 bridgehead atoms. The van der Waals surface area contributed by atoms with Gasteiger partial charge in [-0.2, -0.15) is 0 Å². The monoisotopic (exact) mass is 234 g/mol. The van der Waals surface area contributed by atoms with Crippen LogP contribution in [-0.4, -0.2) is 11.8 Å². The number of anilines is 2. The summed E-state index contributed by atoms with van der Waals surface area (Å²) in [6.07, 6.45) is 0.870. The Balaban J connectivity index is 2.86. The fraction of sp³-hybridized carbons (Fsp3) is 0.385. The van der Waals surface area contributed by atoms with Crippen LogP contribution in [0.25, 0.3) is 0 Å². The van der Waals surface area contributed by atoms with E-state index < -0.39 is 0 Å². The van der Waals surface area contributed by atoms with Gasteiger partial charge in [-0.05, 0) is 30.7 Å². The molecule has 0 aliphatic heterocycles. The van der Waals surface area contributed by atoms with E-state index in [0.29, 0.717) is 24.2 Å². The molecule has 0 atom stereocenters. The lowest BCUT2D eigenvalue weighted by Gasteiger charge is -2.09. The predicted molar refractivity (Wildman–Crippen MR) is 69.0 cm³/mol. The van der Waals surface area contributed by atoms with E-state index in [4.69, 9.17) is 0 Å². The number of carbonyl (C=O) groups is 2. The molecule has 1 rings (SSSR count). The van der Waals surface area contributed by atoms with E-state index in [1.54, 1.807) is 19.9 Å². The standard InChI is InChI=1S/C13H18N2O2/c1-4-12(16)14-10-6-9(3)7-11(8-10)15-13(17)5-2/h6-8H,4-5H2,1-3H3,(H,14,16)(H,15,17). The van der Waals surface area contributed by atoms with Crippen molar-refractivity contribution in [2.24, 2.45) is 0 Å². The van der Waals surface area contributed by atoms with Crippen molar-refractivity contribution in [1.29, 1.82) is 0 Å². The van der Waals surface area contributed by atoms with E-state index in [0.717, 1.165) is 5.56 Å². The van der Waals surface area contributed by atoms with Gasteiger partial charge in [-0.1, -0.05) is 13.8 Å². The summed E-state index contributed by atoms with van der Waals surface area (Å²) in [7, 11) is 0. The van der Waals surface area contributed by atoms with Crippen LogP contribution in [0.3, 0.4) is 0 Å². The molecule has 0 aliphatic carbocycles. The van der Waals surface area contributed by atoms with Gasteiger partial charge in [0.05, 0.1) is 0 Å². The van der Waals surface area contributed by atoms with Crippen molar-refractivity contribution in [1.82, 2.24) is 0 Å². The highest BCUT2D eigenvalue weighted by atomic mass is 16.2. The third kappa shape index (κ3) is 4.26. The molecular weight excluding hydrogens is 216 g/mol. The smallest absolute Gasteiger partial charge is 0.224 e. The van der Waals surface area contributed by atoms with Crippen LogP contribution in [0.1, 0.15) is 32.3 Å². The van der Waals surface area contributed by atoms with Gasteiger partial charge >= 0.3 is 0 Å². The fourth-order valence-corrected chi connectivity index (χ4v) is 1.43. The first-order valence-electron chi connectivity index (χ1n) is 5.76. The minimum Gasteiger partial charge on any atom is -0.326 e. The van der Waals surface area contributed by atoms with E-state index in [2.05, 4.69) is 10.6 Å². The maximum atomic E-state index is 11.3. The summed E-state index contributed by atoms with van der Waals surface area (Å²) < 4.78 is 0. The van der Waals surface area contributed by atoms with Crippen molar-refractivity contribution in [3.63, 3.8) is 0 Å². The second-order valence-corrected chi connectivity index (χ2v) is 3.89. The molecule has 1 aromatic carbocycles. The Labute approximate surface area is 101 Å². The Bertz CT molecular complexity index is 391. The average molecular weight is 234 g/mol. The van der Waals surface area contributed by atoms with Gasteiger partial charge in [-0.25, -0.2) is 0 Å². The summed E-state index contributed by atoms with van der Waals surface area (Å²) >= 11 is 0. The number of amides is 2. The first kappa shape index (κ1) is 13.2. The summed E-state index contributed by atoms with van der Waals surface area (Å²) in [5.74, 6) is -0.0771. The first-order chi connectivity index (χ1) is 8.05. The summed E-state index contributed by atoms with van der Waals surface area (Å²) in [6.45, 7) is 5.51. The molecule has 0 saturated carbocycles. The van der Waals surface area contributed by atoms with Gasteiger partial charge in [0.1, 0.15) is 0 Å². The lowest BCUT2D eigenvalue weighted by atomic mass is 10.2. The van der Waals surface area contributed by atoms with Crippen LogP contribution in [0.15, 0.2) is 18.2 Å². The van der Waals surface area contributed by atoms with Crippen LogP contribution in [0.4, 0.5) is 11.4 Å². The Hall–Kier alpha value is -1.84. The normalized spacial score (nSPS) is 9.82. The molecule has 17 heavy (non-hydrogen) atoms. The van der Waals surface area contributed by atoms with Crippen molar-refractivity contribution in [3.8, 4) is 0 Å². The molecule has 2 amide bonds. The van der Waals surface area contributed by atoms with Gasteiger partial charge in [0.25, 0.3) is 0 Å². The van der Waals surface area contributed by atoms with Crippen molar-refractivity contribution in [3.05, 3.63) is 23.8 Å². The summed E-state index contributed by atoms with van der Waals surface area (Å²) in [6, 6.07) is 5.50. The maximum Gasteiger partial charge on any atom is 0.224 e. The summed E-state index contributed by atoms with van der Waals surface area (Å²) in [4.78, 5) is 22.6. The van der Waals surface area contributed by atoms with E-state index in [1.165, 1.54) is 0 Å². The summed E-state index contributed by atoms with van der Waals surface area (Å²) in [5, 5.41) is 5.55. The van der Waals surface area contributed by atoms with Crippen LogP contribution >= 0.6 is 0 Å². The molecule has 1 aromatic rings. The highest BCUT2D eigenvalue weighted by molar-refractivity contribution is 5.94. The van der Waals surface area contributed by atoms with Crippen LogP contribution in [0, 0.1) is 6.92 Å². The van der Waals surface area contributed by atoms with E-state index >= 15 is 0 Å². The van der Waals surface area contributed by atoms with E-state index in [-0.39, 0.29) is 11.8 Å². The van der Waals surface area contributed by atoms with Gasteiger partial charge in [0.15, 0.2) is 0 Å². The third-order valence-corrected chi connectivity index (χ3v) is 2.29. The second kappa shape index (κ2) is 6.03. The zero-order chi connectivity index (χ0) is 12.8. The third-order valence-electron chi connectivity index (χ3n) is 2.29. The maximum absolute atomic E-state index is 11.3. The number of rotatable bonds is 4. The Morgan fingerprint density at radius 2 is 1.35 bits per heavy atom. The molecular formula is C13H18N2O2. The lowest BCUT2D eigenvalue weighted by Crippen LogP contribution is -2.12. The van der Waals surface area contributed by atoms with Gasteiger partial charge in [0.2, 0.25) is 11.8 Å². The fourth-order valence-electron chi connectivity index (χ4n) is 1.43. The number of carbonyl (C=O) groups excluding carboxylic acids is 2. The molecule has 4 nitrogen and oxygen atoms in total. The number of benzene rings is 1. The van der Waals surface area contributed by atoms with E-state index in [1.807, 2.05) is 19.1 Å². The number of nitrogens with one attached hydrogen (secondary N) is 2. The van der Waals surface area contributed by atoms with Gasteiger partial charge < -0.3 is 10.6 Å². The molecule has 92 valence electrons. The quantitative estimate of drug-likeness (QED) is 0.841. The molecule has 0 radical (unpaired) electrons. The van der Waals surface area contributed by atoms with Gasteiger partial charge in [-0.15, -0.1) is 0 Å². The average Bonchev–Trinajstić information content (AvgIpc) is 2.27. The highest BCUT2D eigenvalue weighted by Gasteiger charge is 2.04. The Kier molecular flexibility index (Phi) is 4.69. The van der Waals surface area contributed by atoms with Gasteiger partial charge in [-0.3, -0.25) is 9.59 Å². The molecule has 0 aliphatic rings. The SMILES string of the molecule is CCC(=O)Nc1cc(C)cc(NC(=O)CC)c1. The minimum absolute atomic E-state index is 0.0385. The van der Waals surface area contributed by atoms with Crippen LogP contribution < -0.4 is 10.6 Å². The Morgan fingerprint density at radius 1 is 0.941 bits per heavy atom. The number of aryl methyl sites for hydroxylation is 1.